The third kappa shape index (κ3) is 2.59. The van der Waals surface area contributed by atoms with Crippen LogP contribution in [0.15, 0.2) is 32.4 Å². The van der Waals surface area contributed by atoms with Crippen molar-refractivity contribution < 1.29 is 9.32 Å². The first-order valence-electron chi connectivity index (χ1n) is 7.57. The predicted octanol–water partition coefficient (Wildman–Crippen LogP) is -0.256. The van der Waals surface area contributed by atoms with E-state index in [9.17, 15) is 9.59 Å². The molecular formula is C15H21N4O3+. The van der Waals surface area contributed by atoms with Crippen LogP contribution in [0, 0.1) is 0 Å². The average molecular weight is 305 g/mol. The maximum Gasteiger partial charge on any atom is 0.330 e. The molecular weight excluding hydrogens is 284 g/mol. The van der Waals surface area contributed by atoms with Crippen molar-refractivity contribution in [3.05, 3.63) is 50.6 Å². The number of nitrogens with one attached hydrogen (secondary N) is 3. The molecule has 7 heteroatoms. The van der Waals surface area contributed by atoms with Gasteiger partial charge < -0.3 is 14.6 Å². The Bertz CT molecular complexity index is 760. The summed E-state index contributed by atoms with van der Waals surface area (Å²) in [7, 11) is 0. The minimum absolute atomic E-state index is 0.302. The van der Waals surface area contributed by atoms with Gasteiger partial charge in [-0.05, 0) is 25.5 Å². The van der Waals surface area contributed by atoms with Crippen LogP contribution in [-0.2, 0) is 13.1 Å². The van der Waals surface area contributed by atoms with Crippen molar-refractivity contribution in [2.24, 2.45) is 0 Å². The minimum Gasteiger partial charge on any atom is -0.467 e. The van der Waals surface area contributed by atoms with Crippen LogP contribution < -0.4 is 21.5 Å². The summed E-state index contributed by atoms with van der Waals surface area (Å²) in [5.74, 6) is 1.28. The molecule has 0 aromatic carbocycles. The van der Waals surface area contributed by atoms with Crippen LogP contribution in [0.3, 0.4) is 0 Å². The fourth-order valence-electron chi connectivity index (χ4n) is 2.81. The first-order chi connectivity index (χ1) is 10.6. The van der Waals surface area contributed by atoms with Crippen LogP contribution in [-0.4, -0.2) is 22.3 Å². The van der Waals surface area contributed by atoms with Crippen LogP contribution in [0.4, 0.5) is 5.82 Å². The van der Waals surface area contributed by atoms with Crippen LogP contribution >= 0.6 is 0 Å². The van der Waals surface area contributed by atoms with Crippen LogP contribution in [0.25, 0.3) is 0 Å². The zero-order chi connectivity index (χ0) is 15.7. The number of hydrogen-bond donors (Lipinski definition) is 3. The molecule has 0 saturated heterocycles. The van der Waals surface area contributed by atoms with Gasteiger partial charge in [0, 0.05) is 0 Å². The topological polar surface area (TPSA) is 84.5 Å². The molecule has 2 atom stereocenters. The molecule has 0 amide bonds. The first kappa shape index (κ1) is 14.6. The highest BCUT2D eigenvalue weighted by Gasteiger charge is 2.28. The van der Waals surface area contributed by atoms with Gasteiger partial charge in [0.25, 0.3) is 5.56 Å². The number of anilines is 1. The molecule has 0 aliphatic carbocycles. The van der Waals surface area contributed by atoms with Crippen LogP contribution in [0.5, 0.6) is 0 Å². The molecule has 0 radical (unpaired) electrons. The maximum atomic E-state index is 12.2. The standard InChI is InChI=1S/C15H20N4O3/c1-3-10(2)18-8-12-13(16-9-18)19(15(21)17-14(12)20)7-11-5-4-6-22-11/h4-6,10,16H,3,7-9H2,1-2H3,(H,17,20,21)/p+1/t10-/m0/s1. The van der Waals surface area contributed by atoms with Crippen LogP contribution in [0.2, 0.25) is 0 Å². The number of rotatable bonds is 4. The molecule has 1 aliphatic rings. The molecule has 3 heterocycles. The van der Waals surface area contributed by atoms with E-state index in [2.05, 4.69) is 24.1 Å². The van der Waals surface area contributed by atoms with Gasteiger partial charge >= 0.3 is 5.69 Å². The molecule has 7 nitrogen and oxygen atoms in total. The summed E-state index contributed by atoms with van der Waals surface area (Å²) in [4.78, 5) is 28.0. The van der Waals surface area contributed by atoms with Crippen LogP contribution in [0.1, 0.15) is 31.6 Å². The second-order valence-electron chi connectivity index (χ2n) is 5.75. The van der Waals surface area contributed by atoms with Gasteiger partial charge in [-0.1, -0.05) is 6.92 Å². The summed E-state index contributed by atoms with van der Waals surface area (Å²) in [6.07, 6.45) is 2.61. The lowest BCUT2D eigenvalue weighted by Crippen LogP contribution is -3.16. The number of aromatic nitrogens is 2. The van der Waals surface area contributed by atoms with Gasteiger partial charge in [0.1, 0.15) is 23.7 Å². The number of H-pyrrole nitrogens is 1. The molecule has 3 N–H and O–H groups in total. The maximum absolute atomic E-state index is 12.2. The Kier molecular flexibility index (Phi) is 3.89. The third-order valence-corrected chi connectivity index (χ3v) is 4.39. The Morgan fingerprint density at radius 3 is 2.95 bits per heavy atom. The monoisotopic (exact) mass is 305 g/mol. The van der Waals surface area contributed by atoms with E-state index in [1.54, 1.807) is 12.3 Å². The number of nitrogens with zero attached hydrogens (tertiary/aromatic N) is 1. The lowest BCUT2D eigenvalue weighted by Gasteiger charge is -2.31. The van der Waals surface area contributed by atoms with E-state index in [0.717, 1.165) is 6.42 Å². The summed E-state index contributed by atoms with van der Waals surface area (Å²) < 4.78 is 6.84. The second kappa shape index (κ2) is 5.84. The van der Waals surface area contributed by atoms with Crippen molar-refractivity contribution in [3.63, 3.8) is 0 Å². The molecule has 3 rings (SSSR count). The molecule has 1 unspecified atom stereocenters. The van der Waals surface area contributed by atoms with Gasteiger partial charge in [0.2, 0.25) is 0 Å². The van der Waals surface area contributed by atoms with Gasteiger partial charge in [-0.2, -0.15) is 0 Å². The van der Waals surface area contributed by atoms with E-state index in [4.69, 9.17) is 4.42 Å². The molecule has 1 aliphatic heterocycles. The normalized spacial score (nSPS) is 18.5. The number of quaternary nitrogens is 1. The fourth-order valence-corrected chi connectivity index (χ4v) is 2.81. The quantitative estimate of drug-likeness (QED) is 0.727. The summed E-state index contributed by atoms with van der Waals surface area (Å²) in [6.45, 7) is 5.91. The van der Waals surface area contributed by atoms with E-state index in [-0.39, 0.29) is 5.56 Å². The van der Waals surface area contributed by atoms with Crippen molar-refractivity contribution in [1.82, 2.24) is 9.55 Å². The number of aromatic amines is 1. The number of fused-ring (bicyclic) bond motifs is 1. The molecule has 0 spiro atoms. The van der Waals surface area contributed by atoms with Crippen molar-refractivity contribution in [2.75, 3.05) is 12.0 Å². The molecule has 0 fully saturated rings. The summed E-state index contributed by atoms with van der Waals surface area (Å²) >= 11 is 0. The van der Waals surface area contributed by atoms with Crippen molar-refractivity contribution in [2.45, 2.75) is 39.4 Å². The summed E-state index contributed by atoms with van der Waals surface area (Å²) in [6, 6.07) is 4.04. The fraction of sp³-hybridized carbons (Fsp3) is 0.467. The Morgan fingerprint density at radius 2 is 2.27 bits per heavy atom. The predicted molar refractivity (Wildman–Crippen MR) is 82.0 cm³/mol. The van der Waals surface area contributed by atoms with E-state index < -0.39 is 5.69 Å². The highest BCUT2D eigenvalue weighted by Crippen LogP contribution is 2.13. The molecule has 0 bridgehead atoms. The lowest BCUT2D eigenvalue weighted by molar-refractivity contribution is -0.935. The number of furan rings is 1. The van der Waals surface area contributed by atoms with Crippen molar-refractivity contribution in [3.8, 4) is 0 Å². The van der Waals surface area contributed by atoms with Gasteiger partial charge in [-0.25, -0.2) is 4.79 Å². The number of hydrogen-bond acceptors (Lipinski definition) is 4. The second-order valence-corrected chi connectivity index (χ2v) is 5.75. The molecule has 22 heavy (non-hydrogen) atoms. The zero-order valence-electron chi connectivity index (χ0n) is 12.8. The van der Waals surface area contributed by atoms with Crippen molar-refractivity contribution >= 4 is 5.82 Å². The summed E-state index contributed by atoms with van der Waals surface area (Å²) in [5.41, 5.74) is -0.0870. The van der Waals surface area contributed by atoms with Gasteiger partial charge in [0.05, 0.1) is 18.8 Å². The largest absolute Gasteiger partial charge is 0.467 e. The first-order valence-corrected chi connectivity index (χ1v) is 7.57. The Hall–Kier alpha value is -2.28. The molecule has 2 aromatic heterocycles. The Morgan fingerprint density at radius 1 is 1.45 bits per heavy atom. The zero-order valence-corrected chi connectivity index (χ0v) is 12.8. The third-order valence-electron chi connectivity index (χ3n) is 4.39. The van der Waals surface area contributed by atoms with Gasteiger partial charge in [0.15, 0.2) is 6.67 Å². The van der Waals surface area contributed by atoms with Gasteiger partial charge in [-0.3, -0.25) is 14.3 Å². The lowest BCUT2D eigenvalue weighted by atomic mass is 10.1. The van der Waals surface area contributed by atoms with E-state index in [1.807, 2.05) is 6.07 Å². The smallest absolute Gasteiger partial charge is 0.330 e. The van der Waals surface area contributed by atoms with Crippen molar-refractivity contribution in [1.29, 1.82) is 0 Å². The highest BCUT2D eigenvalue weighted by molar-refractivity contribution is 5.44. The highest BCUT2D eigenvalue weighted by atomic mass is 16.3. The SMILES string of the molecule is CC[C@H](C)[NH+]1CNc2c(c(=O)[nH]c(=O)n2Cc2ccco2)C1. The summed E-state index contributed by atoms with van der Waals surface area (Å²) in [5, 5.41) is 3.25. The Balaban J connectivity index is 2.00. The molecule has 2 aromatic rings. The van der Waals surface area contributed by atoms with E-state index >= 15 is 0 Å². The van der Waals surface area contributed by atoms with Gasteiger partial charge in [-0.15, -0.1) is 0 Å². The Labute approximate surface area is 127 Å². The molecule has 118 valence electrons. The minimum atomic E-state index is -0.417. The van der Waals surface area contributed by atoms with E-state index in [0.29, 0.717) is 42.9 Å². The molecule has 0 saturated carbocycles. The van der Waals surface area contributed by atoms with E-state index in [1.165, 1.54) is 9.47 Å². The average Bonchev–Trinajstić information content (AvgIpc) is 3.03.